The van der Waals surface area contributed by atoms with E-state index in [1.54, 1.807) is 4.68 Å². The van der Waals surface area contributed by atoms with Crippen LogP contribution in [0, 0.1) is 6.92 Å². The van der Waals surface area contributed by atoms with Gasteiger partial charge in [-0.3, -0.25) is 9.48 Å². The van der Waals surface area contributed by atoms with Gasteiger partial charge >= 0.3 is 0 Å². The van der Waals surface area contributed by atoms with Crippen LogP contribution < -0.4 is 10.2 Å². The van der Waals surface area contributed by atoms with Crippen LogP contribution in [0.4, 0.5) is 5.82 Å². The molecule has 128 valence electrons. The second-order valence-electron chi connectivity index (χ2n) is 6.56. The molecule has 0 radical (unpaired) electrons. The van der Waals surface area contributed by atoms with Crippen molar-refractivity contribution in [2.24, 2.45) is 7.05 Å². The average molecular weight is 329 g/mol. The molecule has 2 saturated heterocycles. The Bertz CT molecular complexity index is 757. The lowest BCUT2D eigenvalue weighted by Gasteiger charge is -2.36. The number of piperazine rings is 1. The Balaban J connectivity index is 1.51. The number of carbonyl (C=O) groups is 1. The molecule has 1 N–H and O–H groups in total. The zero-order valence-corrected chi connectivity index (χ0v) is 14.2. The lowest BCUT2D eigenvalue weighted by atomic mass is 10.2. The summed E-state index contributed by atoms with van der Waals surface area (Å²) in [4.78, 5) is 25.8. The molecule has 2 aliphatic heterocycles. The van der Waals surface area contributed by atoms with Crippen LogP contribution in [0.3, 0.4) is 0 Å². The molecule has 4 rings (SSSR count). The predicted molar refractivity (Wildman–Crippen MR) is 90.9 cm³/mol. The van der Waals surface area contributed by atoms with Gasteiger partial charge in [0.1, 0.15) is 11.6 Å². The first-order valence-electron chi connectivity index (χ1n) is 8.57. The van der Waals surface area contributed by atoms with Gasteiger partial charge in [0.2, 0.25) is 5.91 Å². The van der Waals surface area contributed by atoms with Gasteiger partial charge in [-0.25, -0.2) is 9.97 Å². The minimum atomic E-state index is 0.0166. The van der Waals surface area contributed by atoms with Gasteiger partial charge in [0, 0.05) is 33.2 Å². The van der Waals surface area contributed by atoms with Crippen molar-refractivity contribution in [3.8, 4) is 0 Å². The first-order valence-corrected chi connectivity index (χ1v) is 8.57. The van der Waals surface area contributed by atoms with E-state index in [1.807, 2.05) is 25.1 Å². The van der Waals surface area contributed by atoms with Crippen molar-refractivity contribution in [3.63, 3.8) is 0 Å². The summed E-state index contributed by atoms with van der Waals surface area (Å²) >= 11 is 0. The van der Waals surface area contributed by atoms with Crippen LogP contribution >= 0.6 is 0 Å². The van der Waals surface area contributed by atoms with Crippen molar-refractivity contribution in [1.29, 1.82) is 0 Å². The molecule has 0 aliphatic carbocycles. The van der Waals surface area contributed by atoms with Gasteiger partial charge in [0.25, 0.3) is 0 Å². The first kappa shape index (κ1) is 15.3. The molecule has 4 heterocycles. The van der Waals surface area contributed by atoms with Crippen LogP contribution in [0.2, 0.25) is 0 Å². The summed E-state index contributed by atoms with van der Waals surface area (Å²) in [6.07, 6.45) is 3.88. The van der Waals surface area contributed by atoms with Crippen LogP contribution in [-0.2, 0) is 11.8 Å². The van der Waals surface area contributed by atoms with E-state index in [0.717, 1.165) is 68.2 Å². The van der Waals surface area contributed by atoms with Crippen molar-refractivity contribution in [2.75, 3.05) is 37.6 Å². The normalized spacial score (nSPS) is 21.7. The lowest BCUT2D eigenvalue weighted by Crippen LogP contribution is -2.53. The highest BCUT2D eigenvalue weighted by Gasteiger charge is 2.30. The Hall–Kier alpha value is -2.22. The Kier molecular flexibility index (Phi) is 3.84. The number of nitrogens with one attached hydrogen (secondary N) is 1. The van der Waals surface area contributed by atoms with E-state index in [1.165, 1.54) is 0 Å². The van der Waals surface area contributed by atoms with Gasteiger partial charge in [0.05, 0.1) is 17.6 Å². The summed E-state index contributed by atoms with van der Waals surface area (Å²) in [6, 6.07) is 0.0166. The SMILES string of the molecule is Cc1nc(N2CCN(C(=O)[C@@H]3CCCN3)CC2)c2cnn(C)c2n1. The predicted octanol–water partition coefficient (Wildman–Crippen LogP) is 0.0723. The standard InChI is InChI=1S/C16H23N7O/c1-11-19-14-12(10-18-21(14)2)15(20-11)22-6-8-23(9-7-22)16(24)13-4-3-5-17-13/h10,13,17H,3-9H2,1-2H3/t13-/m0/s1. The summed E-state index contributed by atoms with van der Waals surface area (Å²) in [6.45, 7) is 5.92. The fourth-order valence-electron chi connectivity index (χ4n) is 3.61. The van der Waals surface area contributed by atoms with Crippen molar-refractivity contribution in [3.05, 3.63) is 12.0 Å². The van der Waals surface area contributed by atoms with Crippen LogP contribution in [0.25, 0.3) is 11.0 Å². The summed E-state index contributed by atoms with van der Waals surface area (Å²) in [5.41, 5.74) is 0.853. The number of anilines is 1. The molecule has 0 saturated carbocycles. The fourth-order valence-corrected chi connectivity index (χ4v) is 3.61. The quantitative estimate of drug-likeness (QED) is 0.840. The highest BCUT2D eigenvalue weighted by atomic mass is 16.2. The summed E-state index contributed by atoms with van der Waals surface area (Å²) in [7, 11) is 1.89. The number of rotatable bonds is 2. The zero-order valence-electron chi connectivity index (χ0n) is 14.2. The number of aromatic nitrogens is 4. The maximum atomic E-state index is 12.5. The minimum Gasteiger partial charge on any atom is -0.352 e. The van der Waals surface area contributed by atoms with Gasteiger partial charge in [0.15, 0.2) is 5.65 Å². The molecule has 2 aromatic heterocycles. The second-order valence-corrected chi connectivity index (χ2v) is 6.56. The molecule has 8 heteroatoms. The highest BCUT2D eigenvalue weighted by Crippen LogP contribution is 2.24. The molecule has 24 heavy (non-hydrogen) atoms. The fraction of sp³-hybridized carbons (Fsp3) is 0.625. The topological polar surface area (TPSA) is 79.2 Å². The lowest BCUT2D eigenvalue weighted by molar-refractivity contribution is -0.133. The smallest absolute Gasteiger partial charge is 0.239 e. The van der Waals surface area contributed by atoms with Crippen LogP contribution in [0.15, 0.2) is 6.20 Å². The molecule has 0 unspecified atom stereocenters. The largest absolute Gasteiger partial charge is 0.352 e. The molecule has 0 aromatic carbocycles. The molecule has 2 aliphatic rings. The van der Waals surface area contributed by atoms with E-state index in [4.69, 9.17) is 0 Å². The third-order valence-corrected chi connectivity index (χ3v) is 4.93. The average Bonchev–Trinajstić information content (AvgIpc) is 3.25. The summed E-state index contributed by atoms with van der Waals surface area (Å²) < 4.78 is 1.78. The third kappa shape index (κ3) is 2.60. The number of aryl methyl sites for hydroxylation is 2. The van der Waals surface area contributed by atoms with Gasteiger partial charge in [-0.2, -0.15) is 5.10 Å². The van der Waals surface area contributed by atoms with Crippen LogP contribution in [0.1, 0.15) is 18.7 Å². The highest BCUT2D eigenvalue weighted by molar-refractivity contribution is 5.87. The number of amides is 1. The molecular weight excluding hydrogens is 306 g/mol. The van der Waals surface area contributed by atoms with Gasteiger partial charge in [-0.15, -0.1) is 0 Å². The van der Waals surface area contributed by atoms with Gasteiger partial charge in [-0.05, 0) is 26.3 Å². The van der Waals surface area contributed by atoms with Crippen molar-refractivity contribution in [1.82, 2.24) is 30.0 Å². The maximum Gasteiger partial charge on any atom is 0.239 e. The molecule has 0 spiro atoms. The third-order valence-electron chi connectivity index (χ3n) is 4.93. The Morgan fingerprint density at radius 2 is 2.04 bits per heavy atom. The molecule has 2 fully saturated rings. The minimum absolute atomic E-state index is 0.0166. The molecule has 1 amide bonds. The first-order chi connectivity index (χ1) is 11.6. The summed E-state index contributed by atoms with van der Waals surface area (Å²) in [5, 5.41) is 8.57. The molecular formula is C16H23N7O. The van der Waals surface area contributed by atoms with E-state index >= 15 is 0 Å². The van der Waals surface area contributed by atoms with Crippen molar-refractivity contribution >= 4 is 22.8 Å². The monoisotopic (exact) mass is 329 g/mol. The molecule has 8 nitrogen and oxygen atoms in total. The number of hydrogen-bond donors (Lipinski definition) is 1. The van der Waals surface area contributed by atoms with Crippen molar-refractivity contribution in [2.45, 2.75) is 25.8 Å². The maximum absolute atomic E-state index is 12.5. The Morgan fingerprint density at radius 3 is 2.75 bits per heavy atom. The van der Waals surface area contributed by atoms with E-state index in [0.29, 0.717) is 0 Å². The molecule has 2 aromatic rings. The number of hydrogen-bond acceptors (Lipinski definition) is 6. The number of carbonyl (C=O) groups excluding carboxylic acids is 1. The van der Waals surface area contributed by atoms with E-state index in [2.05, 4.69) is 25.3 Å². The van der Waals surface area contributed by atoms with E-state index < -0.39 is 0 Å². The Morgan fingerprint density at radius 1 is 1.25 bits per heavy atom. The van der Waals surface area contributed by atoms with Crippen molar-refractivity contribution < 1.29 is 4.79 Å². The van der Waals surface area contributed by atoms with Gasteiger partial charge in [-0.1, -0.05) is 0 Å². The second kappa shape index (κ2) is 6.01. The summed E-state index contributed by atoms with van der Waals surface area (Å²) in [5.74, 6) is 1.92. The van der Waals surface area contributed by atoms with E-state index in [-0.39, 0.29) is 11.9 Å². The van der Waals surface area contributed by atoms with Crippen LogP contribution in [-0.4, -0.2) is 69.3 Å². The van der Waals surface area contributed by atoms with Gasteiger partial charge < -0.3 is 15.1 Å². The number of fused-ring (bicyclic) bond motifs is 1. The molecule has 1 atom stereocenters. The zero-order chi connectivity index (χ0) is 16.7. The molecule has 0 bridgehead atoms. The van der Waals surface area contributed by atoms with E-state index in [9.17, 15) is 4.79 Å². The number of nitrogens with zero attached hydrogens (tertiary/aromatic N) is 6. The van der Waals surface area contributed by atoms with Crippen LogP contribution in [0.5, 0.6) is 0 Å². The Labute approximate surface area is 140 Å².